The Kier molecular flexibility index (Phi) is 3.81. The fourth-order valence-electron chi connectivity index (χ4n) is 2.86. The van der Waals surface area contributed by atoms with E-state index in [1.807, 2.05) is 18.2 Å². The van der Waals surface area contributed by atoms with Crippen LogP contribution in [0.2, 0.25) is 5.02 Å². The number of ketones is 1. The van der Waals surface area contributed by atoms with E-state index in [2.05, 4.69) is 11.0 Å². The average Bonchev–Trinajstić information content (AvgIpc) is 2.86. The molecule has 3 rings (SSSR count). The second-order valence-electron chi connectivity index (χ2n) is 5.31. The van der Waals surface area contributed by atoms with Gasteiger partial charge in [-0.2, -0.15) is 5.26 Å². The SMILES string of the molecule is N#CC1=C(N2CCCCC2)C=C(c2ccc(Cl)cc2)C1=O. The van der Waals surface area contributed by atoms with Crippen molar-refractivity contribution >= 4 is 23.0 Å². The Labute approximate surface area is 129 Å². The van der Waals surface area contributed by atoms with Gasteiger partial charge in [-0.25, -0.2) is 0 Å². The van der Waals surface area contributed by atoms with Crippen molar-refractivity contribution in [3.8, 4) is 6.07 Å². The van der Waals surface area contributed by atoms with E-state index in [1.165, 1.54) is 6.42 Å². The van der Waals surface area contributed by atoms with Crippen LogP contribution in [0.15, 0.2) is 41.6 Å². The number of carbonyl (C=O) groups is 1. The Morgan fingerprint density at radius 3 is 2.38 bits per heavy atom. The second kappa shape index (κ2) is 5.75. The summed E-state index contributed by atoms with van der Waals surface area (Å²) in [4.78, 5) is 14.6. The first-order valence-electron chi connectivity index (χ1n) is 7.12. The van der Waals surface area contributed by atoms with Gasteiger partial charge in [-0.1, -0.05) is 23.7 Å². The molecule has 1 heterocycles. The van der Waals surface area contributed by atoms with Crippen LogP contribution in [0.1, 0.15) is 24.8 Å². The molecule has 0 spiro atoms. The number of nitrogens with zero attached hydrogens (tertiary/aromatic N) is 2. The van der Waals surface area contributed by atoms with Gasteiger partial charge in [-0.05, 0) is 43.0 Å². The monoisotopic (exact) mass is 298 g/mol. The summed E-state index contributed by atoms with van der Waals surface area (Å²) < 4.78 is 0. The summed E-state index contributed by atoms with van der Waals surface area (Å²) in [6.07, 6.45) is 5.30. The quantitative estimate of drug-likeness (QED) is 0.838. The molecule has 0 atom stereocenters. The van der Waals surface area contributed by atoms with Crippen LogP contribution in [0.25, 0.3) is 5.57 Å². The first-order valence-corrected chi connectivity index (χ1v) is 7.50. The van der Waals surface area contributed by atoms with Crippen molar-refractivity contribution in [3.05, 3.63) is 52.2 Å². The summed E-state index contributed by atoms with van der Waals surface area (Å²) in [5.41, 5.74) is 2.45. The van der Waals surface area contributed by atoms with Crippen LogP contribution in [0.5, 0.6) is 0 Å². The minimum Gasteiger partial charge on any atom is -0.370 e. The zero-order valence-electron chi connectivity index (χ0n) is 11.6. The molecule has 0 radical (unpaired) electrons. The van der Waals surface area contributed by atoms with Gasteiger partial charge in [0.25, 0.3) is 0 Å². The van der Waals surface area contributed by atoms with Gasteiger partial charge in [0.15, 0.2) is 0 Å². The first-order chi connectivity index (χ1) is 10.2. The Bertz CT molecular complexity index is 674. The molecule has 1 aliphatic carbocycles. The molecule has 1 aliphatic heterocycles. The van der Waals surface area contributed by atoms with Gasteiger partial charge >= 0.3 is 0 Å². The van der Waals surface area contributed by atoms with Crippen molar-refractivity contribution in [1.29, 1.82) is 5.26 Å². The third-order valence-corrected chi connectivity index (χ3v) is 4.22. The third-order valence-electron chi connectivity index (χ3n) is 3.97. The second-order valence-corrected chi connectivity index (χ2v) is 5.75. The minimum absolute atomic E-state index is 0.180. The van der Waals surface area contributed by atoms with E-state index >= 15 is 0 Å². The molecule has 0 aromatic heterocycles. The molecule has 0 amide bonds. The lowest BCUT2D eigenvalue weighted by Gasteiger charge is -2.29. The Morgan fingerprint density at radius 1 is 1.10 bits per heavy atom. The Hall–Kier alpha value is -2.05. The minimum atomic E-state index is -0.180. The fourth-order valence-corrected chi connectivity index (χ4v) is 2.99. The van der Waals surface area contributed by atoms with Gasteiger partial charge in [0.05, 0.1) is 5.70 Å². The maximum absolute atomic E-state index is 12.5. The Morgan fingerprint density at radius 2 is 1.76 bits per heavy atom. The number of rotatable bonds is 2. The van der Waals surface area contributed by atoms with Gasteiger partial charge in [-0.15, -0.1) is 0 Å². The largest absolute Gasteiger partial charge is 0.370 e. The molecule has 0 N–H and O–H groups in total. The molecule has 1 fully saturated rings. The lowest BCUT2D eigenvalue weighted by Crippen LogP contribution is -2.28. The van der Waals surface area contributed by atoms with E-state index in [0.717, 1.165) is 37.2 Å². The van der Waals surface area contributed by atoms with Gasteiger partial charge in [0.2, 0.25) is 5.78 Å². The summed E-state index contributed by atoms with van der Waals surface area (Å²) in [6, 6.07) is 9.24. The number of benzene rings is 1. The van der Waals surface area contributed by atoms with Crippen molar-refractivity contribution in [3.63, 3.8) is 0 Å². The number of hydrogen-bond donors (Lipinski definition) is 0. The molecule has 2 aliphatic rings. The van der Waals surface area contributed by atoms with Crippen LogP contribution in [-0.4, -0.2) is 23.8 Å². The van der Waals surface area contributed by atoms with Crippen molar-refractivity contribution in [2.75, 3.05) is 13.1 Å². The summed E-state index contributed by atoms with van der Waals surface area (Å²) in [6.45, 7) is 1.83. The molecule has 1 aromatic rings. The summed E-state index contributed by atoms with van der Waals surface area (Å²) in [5.74, 6) is -0.180. The van der Waals surface area contributed by atoms with Crippen molar-refractivity contribution < 1.29 is 4.79 Å². The van der Waals surface area contributed by atoms with Crippen LogP contribution in [0, 0.1) is 11.3 Å². The standard InChI is InChI=1S/C17H15ClN2O/c18-13-6-4-12(5-7-13)14-10-16(15(11-19)17(14)21)20-8-2-1-3-9-20/h4-7,10H,1-3,8-9H2. The molecule has 3 nitrogen and oxygen atoms in total. The Balaban J connectivity index is 1.96. The summed E-state index contributed by atoms with van der Waals surface area (Å²) >= 11 is 5.89. The van der Waals surface area contributed by atoms with E-state index in [1.54, 1.807) is 12.1 Å². The molecular weight excluding hydrogens is 284 g/mol. The molecule has 0 unspecified atom stereocenters. The van der Waals surface area contributed by atoms with Crippen molar-refractivity contribution in [2.24, 2.45) is 0 Å². The molecule has 0 saturated carbocycles. The fraction of sp³-hybridized carbons (Fsp3) is 0.294. The van der Waals surface area contributed by atoms with Crippen LogP contribution in [0.4, 0.5) is 0 Å². The highest BCUT2D eigenvalue weighted by Crippen LogP contribution is 2.32. The molecule has 1 aromatic carbocycles. The molecule has 1 saturated heterocycles. The number of piperidine rings is 1. The zero-order chi connectivity index (χ0) is 14.8. The molecule has 21 heavy (non-hydrogen) atoms. The van der Waals surface area contributed by atoms with E-state index < -0.39 is 0 Å². The number of hydrogen-bond acceptors (Lipinski definition) is 3. The lowest BCUT2D eigenvalue weighted by molar-refractivity contribution is -0.110. The van der Waals surface area contributed by atoms with Gasteiger partial charge < -0.3 is 4.90 Å². The smallest absolute Gasteiger partial charge is 0.206 e. The number of halogens is 1. The molecule has 0 bridgehead atoms. The van der Waals surface area contributed by atoms with E-state index in [-0.39, 0.29) is 11.4 Å². The highest BCUT2D eigenvalue weighted by atomic mass is 35.5. The maximum atomic E-state index is 12.5. The van der Waals surface area contributed by atoms with E-state index in [4.69, 9.17) is 11.6 Å². The average molecular weight is 299 g/mol. The van der Waals surface area contributed by atoms with Crippen molar-refractivity contribution in [1.82, 2.24) is 4.90 Å². The molecule has 106 valence electrons. The topological polar surface area (TPSA) is 44.1 Å². The third kappa shape index (κ3) is 2.59. The van der Waals surface area contributed by atoms with E-state index in [0.29, 0.717) is 10.6 Å². The van der Waals surface area contributed by atoms with Crippen molar-refractivity contribution in [2.45, 2.75) is 19.3 Å². The predicted molar refractivity (Wildman–Crippen MR) is 82.5 cm³/mol. The number of likely N-dealkylation sites (tertiary alicyclic amines) is 1. The summed E-state index contributed by atoms with van der Waals surface area (Å²) in [5, 5.41) is 9.97. The zero-order valence-corrected chi connectivity index (χ0v) is 12.4. The first kappa shape index (κ1) is 13.9. The van der Waals surface area contributed by atoms with Gasteiger partial charge in [0, 0.05) is 23.7 Å². The lowest BCUT2D eigenvalue weighted by atomic mass is 10.0. The normalized spacial score (nSPS) is 18.8. The van der Waals surface area contributed by atoms with Gasteiger partial charge in [0.1, 0.15) is 11.6 Å². The van der Waals surface area contributed by atoms with E-state index in [9.17, 15) is 10.1 Å². The van der Waals surface area contributed by atoms with Crippen LogP contribution < -0.4 is 0 Å². The number of allylic oxidation sites excluding steroid dienone is 3. The number of nitriles is 1. The van der Waals surface area contributed by atoms with Gasteiger partial charge in [-0.3, -0.25) is 4.79 Å². The summed E-state index contributed by atoms with van der Waals surface area (Å²) in [7, 11) is 0. The molecule has 4 heteroatoms. The number of Topliss-reactive ketones (excluding diaryl/α,β-unsaturated/α-hetero) is 1. The van der Waals surface area contributed by atoms with Crippen LogP contribution >= 0.6 is 11.6 Å². The maximum Gasteiger partial charge on any atom is 0.206 e. The van der Waals surface area contributed by atoms with Crippen LogP contribution in [0.3, 0.4) is 0 Å². The predicted octanol–water partition coefficient (Wildman–Crippen LogP) is 3.57. The highest BCUT2D eigenvalue weighted by Gasteiger charge is 2.30. The molecular formula is C17H15ClN2O. The number of carbonyl (C=O) groups excluding carboxylic acids is 1. The highest BCUT2D eigenvalue weighted by molar-refractivity contribution is 6.34. The van der Waals surface area contributed by atoms with Crippen LogP contribution in [-0.2, 0) is 4.79 Å².